The smallest absolute Gasteiger partial charge is 0.272 e. The second kappa shape index (κ2) is 5.17. The highest BCUT2D eigenvalue weighted by Crippen LogP contribution is 2.29. The monoisotopic (exact) mass is 319 g/mol. The van der Waals surface area contributed by atoms with Crippen molar-refractivity contribution in [3.05, 3.63) is 52.3 Å². The molecule has 1 aliphatic carbocycles. The number of hydrogen-bond donors (Lipinski definition) is 1. The molecule has 19 heavy (non-hydrogen) atoms. The molecular formula is C14H14BrN3O. The molecule has 0 aliphatic heterocycles. The molecule has 1 amide bonds. The molecule has 1 aromatic carbocycles. The van der Waals surface area contributed by atoms with Crippen molar-refractivity contribution >= 4 is 21.8 Å². The van der Waals surface area contributed by atoms with E-state index in [1.807, 2.05) is 23.1 Å². The standard InChI is InChI=1S/C14H14BrN3O/c15-11-3-1-2-10(8-11)9-18(12-4-5-12)14(19)13-6-7-16-17-13/h1-3,6-8,12H,4-5,9H2,(H,16,17). The minimum absolute atomic E-state index is 0.0278. The van der Waals surface area contributed by atoms with E-state index in [-0.39, 0.29) is 5.91 Å². The molecule has 0 atom stereocenters. The van der Waals surface area contributed by atoms with Gasteiger partial charge in [0, 0.05) is 23.3 Å². The molecule has 1 heterocycles. The molecule has 1 N–H and O–H groups in total. The Morgan fingerprint density at radius 2 is 2.26 bits per heavy atom. The molecule has 0 unspecified atom stereocenters. The largest absolute Gasteiger partial charge is 0.330 e. The Hall–Kier alpha value is -1.62. The molecule has 0 radical (unpaired) electrons. The molecule has 0 saturated heterocycles. The summed E-state index contributed by atoms with van der Waals surface area (Å²) in [5.41, 5.74) is 1.69. The first kappa shape index (κ1) is 12.4. The van der Waals surface area contributed by atoms with Crippen molar-refractivity contribution in [3.63, 3.8) is 0 Å². The summed E-state index contributed by atoms with van der Waals surface area (Å²) in [6.07, 6.45) is 3.79. The normalized spacial score (nSPS) is 14.4. The lowest BCUT2D eigenvalue weighted by Crippen LogP contribution is -2.32. The number of halogens is 1. The number of carbonyl (C=O) groups excluding carboxylic acids is 1. The van der Waals surface area contributed by atoms with Gasteiger partial charge in [-0.15, -0.1) is 0 Å². The average Bonchev–Trinajstić information content (AvgIpc) is 3.09. The van der Waals surface area contributed by atoms with Crippen molar-refractivity contribution in [1.29, 1.82) is 0 Å². The number of aromatic amines is 1. The first-order valence-corrected chi connectivity index (χ1v) is 7.08. The third kappa shape index (κ3) is 2.87. The zero-order valence-electron chi connectivity index (χ0n) is 10.3. The molecule has 5 heteroatoms. The maximum atomic E-state index is 12.4. The third-order valence-corrected chi connectivity index (χ3v) is 3.71. The van der Waals surface area contributed by atoms with E-state index >= 15 is 0 Å². The molecule has 1 saturated carbocycles. The summed E-state index contributed by atoms with van der Waals surface area (Å²) in [4.78, 5) is 14.3. The van der Waals surface area contributed by atoms with Crippen LogP contribution in [0.5, 0.6) is 0 Å². The van der Waals surface area contributed by atoms with Crippen LogP contribution < -0.4 is 0 Å². The quantitative estimate of drug-likeness (QED) is 0.941. The number of amides is 1. The van der Waals surface area contributed by atoms with Gasteiger partial charge in [-0.25, -0.2) is 0 Å². The van der Waals surface area contributed by atoms with Gasteiger partial charge in [0.2, 0.25) is 0 Å². The lowest BCUT2D eigenvalue weighted by molar-refractivity contribution is 0.0724. The fourth-order valence-corrected chi connectivity index (χ4v) is 2.56. The number of aromatic nitrogens is 2. The number of hydrogen-bond acceptors (Lipinski definition) is 2. The SMILES string of the molecule is O=C(c1ccn[nH]1)N(Cc1cccc(Br)c1)C1CC1. The van der Waals surface area contributed by atoms with Crippen LogP contribution in [0.25, 0.3) is 0 Å². The van der Waals surface area contributed by atoms with E-state index in [1.54, 1.807) is 12.3 Å². The van der Waals surface area contributed by atoms with E-state index in [2.05, 4.69) is 32.2 Å². The molecule has 3 rings (SSSR count). The van der Waals surface area contributed by atoms with Crippen molar-refractivity contribution < 1.29 is 4.79 Å². The first-order valence-electron chi connectivity index (χ1n) is 6.29. The fraction of sp³-hybridized carbons (Fsp3) is 0.286. The summed E-state index contributed by atoms with van der Waals surface area (Å²) >= 11 is 3.46. The maximum absolute atomic E-state index is 12.4. The molecule has 0 spiro atoms. The molecule has 1 fully saturated rings. The Morgan fingerprint density at radius 1 is 1.42 bits per heavy atom. The van der Waals surface area contributed by atoms with Gasteiger partial charge < -0.3 is 4.90 Å². The topological polar surface area (TPSA) is 49.0 Å². The number of nitrogens with zero attached hydrogens (tertiary/aromatic N) is 2. The van der Waals surface area contributed by atoms with E-state index in [9.17, 15) is 4.79 Å². The average molecular weight is 320 g/mol. The second-order valence-corrected chi connectivity index (χ2v) is 5.68. The van der Waals surface area contributed by atoms with Gasteiger partial charge in [0.15, 0.2) is 0 Å². The lowest BCUT2D eigenvalue weighted by atomic mass is 10.2. The van der Waals surface area contributed by atoms with Crippen molar-refractivity contribution in [2.45, 2.75) is 25.4 Å². The van der Waals surface area contributed by atoms with E-state index < -0.39 is 0 Å². The molecule has 1 aromatic heterocycles. The van der Waals surface area contributed by atoms with Crippen LogP contribution in [-0.2, 0) is 6.54 Å². The maximum Gasteiger partial charge on any atom is 0.272 e. The molecular weight excluding hydrogens is 306 g/mol. The predicted octanol–water partition coefficient (Wildman–Crippen LogP) is 2.98. The Labute approximate surface area is 119 Å². The highest BCUT2D eigenvalue weighted by atomic mass is 79.9. The van der Waals surface area contributed by atoms with Gasteiger partial charge in [0.1, 0.15) is 5.69 Å². The van der Waals surface area contributed by atoms with Crippen LogP contribution in [-0.4, -0.2) is 27.0 Å². The number of carbonyl (C=O) groups is 1. The fourth-order valence-electron chi connectivity index (χ4n) is 2.11. The molecule has 1 aliphatic rings. The molecule has 0 bridgehead atoms. The number of benzene rings is 1. The third-order valence-electron chi connectivity index (χ3n) is 3.22. The highest BCUT2D eigenvalue weighted by Gasteiger charge is 2.33. The van der Waals surface area contributed by atoms with Crippen LogP contribution in [0.3, 0.4) is 0 Å². The Morgan fingerprint density at radius 3 is 2.89 bits per heavy atom. The number of rotatable bonds is 4. The molecule has 4 nitrogen and oxygen atoms in total. The summed E-state index contributed by atoms with van der Waals surface area (Å²) in [6, 6.07) is 10.2. The number of H-pyrrole nitrogens is 1. The predicted molar refractivity (Wildman–Crippen MR) is 75.6 cm³/mol. The zero-order chi connectivity index (χ0) is 13.2. The Balaban J connectivity index is 1.80. The molecule has 98 valence electrons. The number of nitrogens with one attached hydrogen (secondary N) is 1. The van der Waals surface area contributed by atoms with E-state index in [0.717, 1.165) is 22.9 Å². The summed E-state index contributed by atoms with van der Waals surface area (Å²) in [6.45, 7) is 0.641. The van der Waals surface area contributed by atoms with Gasteiger partial charge >= 0.3 is 0 Å². The summed E-state index contributed by atoms with van der Waals surface area (Å²) < 4.78 is 1.04. The van der Waals surface area contributed by atoms with E-state index in [1.165, 1.54) is 0 Å². The van der Waals surface area contributed by atoms with Gasteiger partial charge in [-0.05, 0) is 36.6 Å². The van der Waals surface area contributed by atoms with Crippen molar-refractivity contribution in [3.8, 4) is 0 Å². The Bertz CT molecular complexity index is 578. The Kier molecular flexibility index (Phi) is 3.38. The van der Waals surface area contributed by atoms with Crippen molar-refractivity contribution in [1.82, 2.24) is 15.1 Å². The van der Waals surface area contributed by atoms with Gasteiger partial charge in [-0.2, -0.15) is 5.10 Å². The summed E-state index contributed by atoms with van der Waals surface area (Å²) in [5, 5.41) is 6.59. The van der Waals surface area contributed by atoms with Gasteiger partial charge in [0.05, 0.1) is 0 Å². The van der Waals surface area contributed by atoms with Crippen LogP contribution >= 0.6 is 15.9 Å². The van der Waals surface area contributed by atoms with Crippen molar-refractivity contribution in [2.75, 3.05) is 0 Å². The van der Waals surface area contributed by atoms with Crippen LogP contribution in [0.15, 0.2) is 41.0 Å². The summed E-state index contributed by atoms with van der Waals surface area (Å²) in [5.74, 6) is 0.0278. The van der Waals surface area contributed by atoms with Gasteiger partial charge in [0.25, 0.3) is 5.91 Å². The lowest BCUT2D eigenvalue weighted by Gasteiger charge is -2.21. The minimum atomic E-state index is 0.0278. The van der Waals surface area contributed by atoms with Gasteiger partial charge in [-0.3, -0.25) is 9.89 Å². The highest BCUT2D eigenvalue weighted by molar-refractivity contribution is 9.10. The van der Waals surface area contributed by atoms with Gasteiger partial charge in [-0.1, -0.05) is 28.1 Å². The van der Waals surface area contributed by atoms with Crippen LogP contribution in [0, 0.1) is 0 Å². The van der Waals surface area contributed by atoms with Crippen LogP contribution in [0.2, 0.25) is 0 Å². The van der Waals surface area contributed by atoms with Crippen LogP contribution in [0.1, 0.15) is 28.9 Å². The molecule has 2 aromatic rings. The summed E-state index contributed by atoms with van der Waals surface area (Å²) in [7, 11) is 0. The minimum Gasteiger partial charge on any atom is -0.330 e. The zero-order valence-corrected chi connectivity index (χ0v) is 11.9. The van der Waals surface area contributed by atoms with E-state index in [0.29, 0.717) is 18.3 Å². The van der Waals surface area contributed by atoms with E-state index in [4.69, 9.17) is 0 Å². The van der Waals surface area contributed by atoms with Crippen molar-refractivity contribution in [2.24, 2.45) is 0 Å². The first-order chi connectivity index (χ1) is 9.24. The van der Waals surface area contributed by atoms with Crippen LogP contribution in [0.4, 0.5) is 0 Å². The second-order valence-electron chi connectivity index (χ2n) is 4.76.